The van der Waals surface area contributed by atoms with E-state index >= 15 is 0 Å². The molecule has 0 N–H and O–H groups in total. The van der Waals surface area contributed by atoms with E-state index in [1.165, 1.54) is 5.56 Å². The maximum Gasteiger partial charge on any atom is 0.325 e. The zero-order chi connectivity index (χ0) is 13.2. The molecular formula is C15H18N2OS. The van der Waals surface area contributed by atoms with E-state index < -0.39 is 0 Å². The maximum atomic E-state index is 12.2. The van der Waals surface area contributed by atoms with Gasteiger partial charge in [0, 0.05) is 13.1 Å². The maximum absolute atomic E-state index is 12.2. The minimum atomic E-state index is 0.126. The van der Waals surface area contributed by atoms with E-state index in [1.807, 2.05) is 15.9 Å². The molecule has 0 aliphatic carbocycles. The summed E-state index contributed by atoms with van der Waals surface area (Å²) in [6.45, 7) is 1.62. The van der Waals surface area contributed by atoms with Crippen LogP contribution in [0.4, 0.5) is 4.79 Å². The fourth-order valence-corrected chi connectivity index (χ4v) is 3.39. The summed E-state index contributed by atoms with van der Waals surface area (Å²) in [7, 11) is 0. The van der Waals surface area contributed by atoms with Crippen LogP contribution in [-0.4, -0.2) is 40.0 Å². The topological polar surface area (TPSA) is 23.6 Å². The number of fused-ring (bicyclic) bond motifs is 1. The van der Waals surface area contributed by atoms with Crippen molar-refractivity contribution in [1.29, 1.82) is 0 Å². The second-order valence-electron chi connectivity index (χ2n) is 5.21. The van der Waals surface area contributed by atoms with Gasteiger partial charge in [-0.2, -0.15) is 0 Å². The van der Waals surface area contributed by atoms with Gasteiger partial charge in [0.15, 0.2) is 0 Å². The van der Waals surface area contributed by atoms with Crippen molar-refractivity contribution in [3.05, 3.63) is 35.9 Å². The molecule has 2 amide bonds. The van der Waals surface area contributed by atoms with Gasteiger partial charge in [0.05, 0.1) is 6.04 Å². The predicted molar refractivity (Wildman–Crippen MR) is 79.2 cm³/mol. The third-order valence-corrected chi connectivity index (χ3v) is 4.46. The quantitative estimate of drug-likeness (QED) is 0.788. The van der Waals surface area contributed by atoms with E-state index in [0.717, 1.165) is 43.8 Å². The third-order valence-electron chi connectivity index (χ3n) is 3.97. The van der Waals surface area contributed by atoms with Crippen molar-refractivity contribution >= 4 is 23.2 Å². The number of hydrogen-bond donors (Lipinski definition) is 0. The number of aryl methyl sites for hydroxylation is 1. The first-order valence-corrected chi connectivity index (χ1v) is 7.34. The number of carbonyl (C=O) groups is 1. The lowest BCUT2D eigenvalue weighted by Gasteiger charge is -2.16. The summed E-state index contributed by atoms with van der Waals surface area (Å²) in [6, 6.07) is 10.7. The molecule has 3 nitrogen and oxygen atoms in total. The van der Waals surface area contributed by atoms with Crippen molar-refractivity contribution in [3.8, 4) is 0 Å². The minimum absolute atomic E-state index is 0.126. The Kier molecular flexibility index (Phi) is 3.51. The molecule has 4 heteroatoms. The van der Waals surface area contributed by atoms with Crippen molar-refractivity contribution < 1.29 is 4.79 Å². The summed E-state index contributed by atoms with van der Waals surface area (Å²) >= 11 is 5.45. The highest BCUT2D eigenvalue weighted by Gasteiger charge is 2.43. The lowest BCUT2D eigenvalue weighted by molar-refractivity contribution is 0.196. The molecule has 2 aliphatic rings. The molecule has 19 heavy (non-hydrogen) atoms. The van der Waals surface area contributed by atoms with Crippen molar-refractivity contribution in [2.75, 3.05) is 13.1 Å². The van der Waals surface area contributed by atoms with Crippen molar-refractivity contribution in [2.45, 2.75) is 31.7 Å². The lowest BCUT2D eigenvalue weighted by Crippen LogP contribution is -2.33. The zero-order valence-electron chi connectivity index (χ0n) is 10.9. The van der Waals surface area contributed by atoms with Gasteiger partial charge in [-0.3, -0.25) is 4.90 Å². The SMILES string of the molecule is O=C1N(CCCc2ccccc2)C(=S)C2CCCN12. The Morgan fingerprint density at radius 1 is 1.26 bits per heavy atom. The minimum Gasteiger partial charge on any atom is -0.315 e. The van der Waals surface area contributed by atoms with Gasteiger partial charge < -0.3 is 4.90 Å². The first kappa shape index (κ1) is 12.6. The van der Waals surface area contributed by atoms with Crippen LogP contribution in [0.1, 0.15) is 24.8 Å². The summed E-state index contributed by atoms with van der Waals surface area (Å²) in [5, 5.41) is 0. The average Bonchev–Trinajstić information content (AvgIpc) is 2.99. The van der Waals surface area contributed by atoms with Crippen LogP contribution < -0.4 is 0 Å². The van der Waals surface area contributed by atoms with Crippen LogP contribution in [0.2, 0.25) is 0 Å². The van der Waals surface area contributed by atoms with Crippen LogP contribution in [0.25, 0.3) is 0 Å². The monoisotopic (exact) mass is 274 g/mol. The standard InChI is InChI=1S/C15H18N2OS/c18-15-16-10-5-9-13(16)14(19)17(15)11-4-8-12-6-2-1-3-7-12/h1-3,6-7,13H,4-5,8-11H2. The number of nitrogens with zero attached hydrogens (tertiary/aromatic N) is 2. The van der Waals surface area contributed by atoms with Crippen LogP contribution >= 0.6 is 12.2 Å². The van der Waals surface area contributed by atoms with E-state index in [0.29, 0.717) is 0 Å². The van der Waals surface area contributed by atoms with Crippen molar-refractivity contribution in [3.63, 3.8) is 0 Å². The van der Waals surface area contributed by atoms with Crippen LogP contribution in [-0.2, 0) is 6.42 Å². The summed E-state index contributed by atoms with van der Waals surface area (Å²) in [6.07, 6.45) is 4.10. The highest BCUT2D eigenvalue weighted by atomic mass is 32.1. The van der Waals surface area contributed by atoms with Gasteiger partial charge in [0.1, 0.15) is 4.99 Å². The fourth-order valence-electron chi connectivity index (χ4n) is 2.97. The number of hydrogen-bond acceptors (Lipinski definition) is 2. The Hall–Kier alpha value is -1.42. The number of rotatable bonds is 4. The molecule has 0 bridgehead atoms. The molecule has 2 heterocycles. The van der Waals surface area contributed by atoms with Crippen LogP contribution in [0.5, 0.6) is 0 Å². The highest BCUT2D eigenvalue weighted by Crippen LogP contribution is 2.28. The Morgan fingerprint density at radius 2 is 2.05 bits per heavy atom. The normalized spacial score (nSPS) is 22.2. The molecule has 0 radical (unpaired) electrons. The predicted octanol–water partition coefficient (Wildman–Crippen LogP) is 2.85. The van der Waals surface area contributed by atoms with E-state index in [2.05, 4.69) is 24.3 Å². The van der Waals surface area contributed by atoms with Crippen LogP contribution in [0, 0.1) is 0 Å². The molecule has 1 atom stereocenters. The van der Waals surface area contributed by atoms with Gasteiger partial charge in [0.25, 0.3) is 0 Å². The van der Waals surface area contributed by atoms with E-state index in [-0.39, 0.29) is 12.1 Å². The summed E-state index contributed by atoms with van der Waals surface area (Å²) < 4.78 is 0. The second kappa shape index (κ2) is 5.29. The van der Waals surface area contributed by atoms with Gasteiger partial charge in [-0.25, -0.2) is 4.79 Å². The van der Waals surface area contributed by atoms with Gasteiger partial charge in [-0.15, -0.1) is 0 Å². The second-order valence-corrected chi connectivity index (χ2v) is 5.63. The van der Waals surface area contributed by atoms with Crippen molar-refractivity contribution in [1.82, 2.24) is 9.80 Å². The molecule has 1 unspecified atom stereocenters. The molecule has 100 valence electrons. The highest BCUT2D eigenvalue weighted by molar-refractivity contribution is 7.80. The number of carbonyl (C=O) groups excluding carboxylic acids is 1. The Balaban J connectivity index is 1.56. The molecule has 2 fully saturated rings. The number of urea groups is 1. The van der Waals surface area contributed by atoms with E-state index in [9.17, 15) is 4.79 Å². The first-order chi connectivity index (χ1) is 9.27. The van der Waals surface area contributed by atoms with Gasteiger partial charge in [0.2, 0.25) is 0 Å². The first-order valence-electron chi connectivity index (χ1n) is 6.93. The van der Waals surface area contributed by atoms with E-state index in [4.69, 9.17) is 12.2 Å². The molecule has 0 aromatic heterocycles. The lowest BCUT2D eigenvalue weighted by atomic mass is 10.1. The number of thiocarbonyl (C=S) groups is 1. The van der Waals surface area contributed by atoms with Gasteiger partial charge in [-0.1, -0.05) is 42.5 Å². The fraction of sp³-hybridized carbons (Fsp3) is 0.467. The zero-order valence-corrected chi connectivity index (χ0v) is 11.7. The smallest absolute Gasteiger partial charge is 0.315 e. The summed E-state index contributed by atoms with van der Waals surface area (Å²) in [5.74, 6) is 0. The summed E-state index contributed by atoms with van der Waals surface area (Å²) in [5.41, 5.74) is 1.32. The Bertz CT molecular complexity index is 466. The Morgan fingerprint density at radius 3 is 2.79 bits per heavy atom. The molecule has 3 rings (SSSR count). The molecule has 1 aromatic rings. The third kappa shape index (κ3) is 2.37. The van der Waals surface area contributed by atoms with E-state index in [1.54, 1.807) is 0 Å². The average molecular weight is 274 g/mol. The molecule has 1 aromatic carbocycles. The molecule has 0 spiro atoms. The number of benzene rings is 1. The largest absolute Gasteiger partial charge is 0.325 e. The van der Waals surface area contributed by atoms with Crippen LogP contribution in [0.15, 0.2) is 30.3 Å². The Labute approximate surface area is 119 Å². The van der Waals surface area contributed by atoms with Crippen molar-refractivity contribution in [2.24, 2.45) is 0 Å². The van der Waals surface area contributed by atoms with Gasteiger partial charge >= 0.3 is 6.03 Å². The number of amides is 2. The molecular weight excluding hydrogens is 256 g/mol. The van der Waals surface area contributed by atoms with Gasteiger partial charge in [-0.05, 0) is 31.2 Å². The summed E-state index contributed by atoms with van der Waals surface area (Å²) in [4.78, 5) is 16.8. The molecule has 2 saturated heterocycles. The molecule has 0 saturated carbocycles. The molecule has 2 aliphatic heterocycles. The van der Waals surface area contributed by atoms with Crippen LogP contribution in [0.3, 0.4) is 0 Å².